The van der Waals surface area contributed by atoms with Gasteiger partial charge in [0.05, 0.1) is 17.6 Å². The highest BCUT2D eigenvalue weighted by molar-refractivity contribution is 9.10. The molecule has 0 aliphatic rings. The first-order chi connectivity index (χ1) is 9.58. The number of hydrogen-bond donors (Lipinski definition) is 2. The molecule has 106 valence electrons. The summed E-state index contributed by atoms with van der Waals surface area (Å²) >= 11 is 3.06. The zero-order valence-electron chi connectivity index (χ0n) is 10.7. The van der Waals surface area contributed by atoms with Crippen LogP contribution in [0.25, 0.3) is 0 Å². The molecule has 0 heterocycles. The summed E-state index contributed by atoms with van der Waals surface area (Å²) in [6.45, 7) is 0. The normalized spacial score (nSPS) is 12.2. The predicted molar refractivity (Wildman–Crippen MR) is 76.2 cm³/mol. The summed E-state index contributed by atoms with van der Waals surface area (Å²) in [6, 6.07) is 9.24. The Balaban J connectivity index is 2.44. The highest BCUT2D eigenvalue weighted by Gasteiger charge is 2.19. The van der Waals surface area contributed by atoms with Crippen molar-refractivity contribution in [3.8, 4) is 5.75 Å². The third-order valence-electron chi connectivity index (χ3n) is 2.99. The van der Waals surface area contributed by atoms with Gasteiger partial charge >= 0.3 is 0 Å². The number of hydrazine groups is 1. The lowest BCUT2D eigenvalue weighted by molar-refractivity contribution is 0.414. The van der Waals surface area contributed by atoms with Crippen LogP contribution in [0.4, 0.5) is 8.78 Å². The Bertz CT molecular complexity index is 605. The SMILES string of the molecule is COc1ccc(C(NN)c2ccc(F)c(F)c2Br)cc1. The molecule has 0 bridgehead atoms. The maximum Gasteiger partial charge on any atom is 0.173 e. The Hall–Kier alpha value is -1.50. The topological polar surface area (TPSA) is 47.3 Å². The van der Waals surface area contributed by atoms with E-state index in [2.05, 4.69) is 21.4 Å². The molecule has 0 aliphatic carbocycles. The second kappa shape index (κ2) is 6.30. The molecule has 2 aromatic carbocycles. The van der Waals surface area contributed by atoms with Crippen LogP contribution in [0.2, 0.25) is 0 Å². The van der Waals surface area contributed by atoms with Crippen LogP contribution in [0.3, 0.4) is 0 Å². The molecule has 6 heteroatoms. The van der Waals surface area contributed by atoms with Crippen LogP contribution in [0.1, 0.15) is 17.2 Å². The van der Waals surface area contributed by atoms with E-state index < -0.39 is 17.7 Å². The molecule has 0 saturated heterocycles. The Morgan fingerprint density at radius 3 is 2.35 bits per heavy atom. The van der Waals surface area contributed by atoms with Crippen LogP contribution in [0, 0.1) is 11.6 Å². The van der Waals surface area contributed by atoms with Gasteiger partial charge in [0.25, 0.3) is 0 Å². The van der Waals surface area contributed by atoms with Gasteiger partial charge in [0, 0.05) is 0 Å². The monoisotopic (exact) mass is 342 g/mol. The molecule has 20 heavy (non-hydrogen) atoms. The van der Waals surface area contributed by atoms with E-state index in [1.54, 1.807) is 31.4 Å². The predicted octanol–water partition coefficient (Wildman–Crippen LogP) is 3.29. The van der Waals surface area contributed by atoms with Crippen LogP contribution in [-0.4, -0.2) is 7.11 Å². The van der Waals surface area contributed by atoms with Crippen molar-refractivity contribution < 1.29 is 13.5 Å². The van der Waals surface area contributed by atoms with E-state index in [4.69, 9.17) is 10.6 Å². The van der Waals surface area contributed by atoms with Crippen LogP contribution in [-0.2, 0) is 0 Å². The summed E-state index contributed by atoms with van der Waals surface area (Å²) in [7, 11) is 1.57. The van der Waals surface area contributed by atoms with Crippen LogP contribution in [0.15, 0.2) is 40.9 Å². The van der Waals surface area contributed by atoms with E-state index >= 15 is 0 Å². The van der Waals surface area contributed by atoms with Gasteiger partial charge in [-0.2, -0.15) is 0 Å². The minimum atomic E-state index is -0.934. The van der Waals surface area contributed by atoms with Crippen molar-refractivity contribution in [2.24, 2.45) is 5.84 Å². The molecule has 0 aromatic heterocycles. The van der Waals surface area contributed by atoms with Gasteiger partial charge < -0.3 is 4.74 Å². The summed E-state index contributed by atoms with van der Waals surface area (Å²) in [5.74, 6) is 4.40. The summed E-state index contributed by atoms with van der Waals surface area (Å²) < 4.78 is 31.9. The minimum Gasteiger partial charge on any atom is -0.497 e. The Morgan fingerprint density at radius 2 is 1.80 bits per heavy atom. The minimum absolute atomic E-state index is 0.0521. The first kappa shape index (κ1) is 14.9. The van der Waals surface area contributed by atoms with Crippen molar-refractivity contribution in [3.63, 3.8) is 0 Å². The highest BCUT2D eigenvalue weighted by atomic mass is 79.9. The molecule has 1 unspecified atom stereocenters. The lowest BCUT2D eigenvalue weighted by atomic mass is 9.99. The van der Waals surface area contributed by atoms with Gasteiger partial charge in [-0.1, -0.05) is 18.2 Å². The van der Waals surface area contributed by atoms with Gasteiger partial charge in [0.1, 0.15) is 5.75 Å². The smallest absolute Gasteiger partial charge is 0.173 e. The maximum absolute atomic E-state index is 13.6. The van der Waals surface area contributed by atoms with Crippen LogP contribution >= 0.6 is 15.9 Å². The summed E-state index contributed by atoms with van der Waals surface area (Å²) in [5, 5.41) is 0. The van der Waals surface area contributed by atoms with E-state index in [-0.39, 0.29) is 4.47 Å². The van der Waals surface area contributed by atoms with Gasteiger partial charge in [0.2, 0.25) is 0 Å². The molecule has 0 fully saturated rings. The molecule has 0 saturated carbocycles. The first-order valence-electron chi connectivity index (χ1n) is 5.82. The largest absolute Gasteiger partial charge is 0.497 e. The fourth-order valence-electron chi connectivity index (χ4n) is 1.93. The lowest BCUT2D eigenvalue weighted by Crippen LogP contribution is -2.29. The van der Waals surface area contributed by atoms with Crippen molar-refractivity contribution in [3.05, 3.63) is 63.6 Å². The average molecular weight is 343 g/mol. The summed E-state index contributed by atoms with van der Waals surface area (Å²) in [5.41, 5.74) is 3.92. The number of rotatable bonds is 4. The maximum atomic E-state index is 13.6. The second-order valence-electron chi connectivity index (χ2n) is 4.14. The molecule has 3 nitrogen and oxygen atoms in total. The van der Waals surface area contributed by atoms with Gasteiger partial charge in [0.15, 0.2) is 11.6 Å². The molecular formula is C14H13BrF2N2O. The molecule has 2 aromatic rings. The van der Waals surface area contributed by atoms with Crippen molar-refractivity contribution in [1.29, 1.82) is 0 Å². The number of halogens is 3. The van der Waals surface area contributed by atoms with Crippen molar-refractivity contribution in [2.75, 3.05) is 7.11 Å². The van der Waals surface area contributed by atoms with Gasteiger partial charge in [-0.05, 0) is 45.3 Å². The zero-order chi connectivity index (χ0) is 14.7. The molecule has 0 spiro atoms. The second-order valence-corrected chi connectivity index (χ2v) is 4.93. The van der Waals surface area contributed by atoms with E-state index in [0.717, 1.165) is 11.6 Å². The van der Waals surface area contributed by atoms with E-state index in [0.29, 0.717) is 11.3 Å². The number of nitrogens with one attached hydrogen (secondary N) is 1. The van der Waals surface area contributed by atoms with Gasteiger partial charge in [-0.25, -0.2) is 14.2 Å². The average Bonchev–Trinajstić information content (AvgIpc) is 2.48. The summed E-state index contributed by atoms with van der Waals surface area (Å²) in [4.78, 5) is 0. The number of methoxy groups -OCH3 is 1. The van der Waals surface area contributed by atoms with Crippen molar-refractivity contribution in [1.82, 2.24) is 5.43 Å². The fourth-order valence-corrected chi connectivity index (χ4v) is 2.48. The van der Waals surface area contributed by atoms with Crippen LogP contribution < -0.4 is 16.0 Å². The lowest BCUT2D eigenvalue weighted by Gasteiger charge is -2.19. The third-order valence-corrected chi connectivity index (χ3v) is 3.80. The van der Waals surface area contributed by atoms with Crippen LogP contribution in [0.5, 0.6) is 5.75 Å². The van der Waals surface area contributed by atoms with Gasteiger partial charge in [-0.15, -0.1) is 0 Å². The number of nitrogens with two attached hydrogens (primary N) is 1. The molecule has 2 rings (SSSR count). The van der Waals surface area contributed by atoms with E-state index in [1.807, 2.05) is 0 Å². The molecule has 0 radical (unpaired) electrons. The van der Waals surface area contributed by atoms with E-state index in [1.165, 1.54) is 6.07 Å². The Morgan fingerprint density at radius 1 is 1.15 bits per heavy atom. The fraction of sp³-hybridized carbons (Fsp3) is 0.143. The van der Waals surface area contributed by atoms with Crippen molar-refractivity contribution >= 4 is 15.9 Å². The molecular weight excluding hydrogens is 330 g/mol. The summed E-state index contributed by atoms with van der Waals surface area (Å²) in [6.07, 6.45) is 0. The molecule has 1 atom stereocenters. The van der Waals surface area contributed by atoms with Gasteiger partial charge in [-0.3, -0.25) is 5.84 Å². The van der Waals surface area contributed by atoms with Crippen molar-refractivity contribution in [2.45, 2.75) is 6.04 Å². The quantitative estimate of drug-likeness (QED) is 0.509. The molecule has 3 N–H and O–H groups in total. The number of hydrogen-bond acceptors (Lipinski definition) is 3. The Labute approximate surface area is 123 Å². The third kappa shape index (κ3) is 2.82. The zero-order valence-corrected chi connectivity index (χ0v) is 12.2. The first-order valence-corrected chi connectivity index (χ1v) is 6.61. The standard InChI is InChI=1S/C14H13BrF2N2O/c1-20-9-4-2-8(3-5-9)14(19-18)10-6-7-11(16)13(17)12(10)15/h2-7,14,19H,18H2,1H3. The molecule has 0 aliphatic heterocycles. The highest BCUT2D eigenvalue weighted by Crippen LogP contribution is 2.31. The van der Waals surface area contributed by atoms with E-state index in [9.17, 15) is 8.78 Å². The Kier molecular flexibility index (Phi) is 4.69. The number of ether oxygens (including phenoxy) is 1. The molecule has 0 amide bonds. The number of benzene rings is 2.